The number of amides is 2. The van der Waals surface area contributed by atoms with E-state index in [2.05, 4.69) is 26.1 Å². The normalized spacial score (nSPS) is 11.2. The number of benzene rings is 2. The maximum atomic E-state index is 13.0. The van der Waals surface area contributed by atoms with Crippen LogP contribution in [-0.4, -0.2) is 39.6 Å². The van der Waals surface area contributed by atoms with Crippen LogP contribution in [0.4, 0.5) is 5.82 Å². The number of rotatable bonds is 8. The average Bonchev–Trinajstić information content (AvgIpc) is 3.19. The molecule has 0 saturated heterocycles. The predicted molar refractivity (Wildman–Crippen MR) is 128 cm³/mol. The van der Waals surface area contributed by atoms with E-state index in [1.165, 1.54) is 0 Å². The largest absolute Gasteiger partial charge is 0.333 e. The number of hydrogen-bond donors (Lipinski definition) is 1. The second kappa shape index (κ2) is 10.3. The lowest BCUT2D eigenvalue weighted by Crippen LogP contribution is -2.39. The van der Waals surface area contributed by atoms with Gasteiger partial charge in [-0.3, -0.25) is 9.59 Å². The minimum Gasteiger partial charge on any atom is -0.333 e. The molecule has 2 amide bonds. The SMILES string of the molecule is CCCN(CC(=O)Nc1cc(C(C)(C)C)nn1-c1ccccc1)C(=O)Cc1ccccc1. The molecule has 0 atom stereocenters. The van der Waals surface area contributed by atoms with Gasteiger partial charge in [-0.15, -0.1) is 0 Å². The van der Waals surface area contributed by atoms with Gasteiger partial charge in [-0.25, -0.2) is 4.68 Å². The molecule has 0 aliphatic heterocycles. The van der Waals surface area contributed by atoms with Crippen molar-refractivity contribution in [1.29, 1.82) is 0 Å². The molecule has 1 aromatic heterocycles. The Labute approximate surface area is 190 Å². The molecule has 0 spiro atoms. The molecule has 0 saturated carbocycles. The van der Waals surface area contributed by atoms with E-state index >= 15 is 0 Å². The highest BCUT2D eigenvalue weighted by Crippen LogP contribution is 2.26. The standard InChI is InChI=1S/C26H32N4O2/c1-5-16-29(25(32)17-20-12-8-6-9-13-20)19-24(31)27-23-18-22(26(2,3)4)28-30(23)21-14-10-7-11-15-21/h6-15,18H,5,16-17,19H2,1-4H3,(H,27,31). The summed E-state index contributed by atoms with van der Waals surface area (Å²) in [6, 6.07) is 21.2. The molecule has 3 rings (SSSR count). The van der Waals surface area contributed by atoms with Gasteiger partial charge in [-0.05, 0) is 24.1 Å². The van der Waals surface area contributed by atoms with Crippen molar-refractivity contribution in [3.8, 4) is 5.69 Å². The third kappa shape index (κ3) is 6.06. The summed E-state index contributed by atoms with van der Waals surface area (Å²) in [4.78, 5) is 27.4. The number of carbonyl (C=O) groups excluding carboxylic acids is 2. The van der Waals surface area contributed by atoms with Gasteiger partial charge in [-0.1, -0.05) is 76.2 Å². The third-order valence-electron chi connectivity index (χ3n) is 5.12. The van der Waals surface area contributed by atoms with Crippen LogP contribution < -0.4 is 5.32 Å². The molecule has 0 radical (unpaired) electrons. The molecule has 0 bridgehead atoms. The zero-order valence-electron chi connectivity index (χ0n) is 19.3. The fraction of sp³-hybridized carbons (Fsp3) is 0.346. The highest BCUT2D eigenvalue weighted by Gasteiger charge is 2.23. The van der Waals surface area contributed by atoms with E-state index in [9.17, 15) is 9.59 Å². The number of aromatic nitrogens is 2. The van der Waals surface area contributed by atoms with Crippen LogP contribution in [0.2, 0.25) is 0 Å². The maximum Gasteiger partial charge on any atom is 0.245 e. The molecule has 6 heteroatoms. The van der Waals surface area contributed by atoms with Crippen molar-refractivity contribution in [3.63, 3.8) is 0 Å². The van der Waals surface area contributed by atoms with Gasteiger partial charge in [0.15, 0.2) is 0 Å². The monoisotopic (exact) mass is 432 g/mol. The first-order valence-corrected chi connectivity index (χ1v) is 11.1. The van der Waals surface area contributed by atoms with E-state index in [0.717, 1.165) is 23.4 Å². The van der Waals surface area contributed by atoms with E-state index < -0.39 is 0 Å². The number of nitrogens with zero attached hydrogens (tertiary/aromatic N) is 3. The van der Waals surface area contributed by atoms with Crippen LogP contribution in [0.15, 0.2) is 66.7 Å². The summed E-state index contributed by atoms with van der Waals surface area (Å²) in [5, 5.41) is 7.71. The van der Waals surface area contributed by atoms with Crippen molar-refractivity contribution in [3.05, 3.63) is 78.0 Å². The zero-order chi connectivity index (χ0) is 23.1. The number of hydrogen-bond acceptors (Lipinski definition) is 3. The van der Waals surface area contributed by atoms with Crippen LogP contribution >= 0.6 is 0 Å². The lowest BCUT2D eigenvalue weighted by atomic mass is 9.92. The fourth-order valence-corrected chi connectivity index (χ4v) is 3.40. The maximum absolute atomic E-state index is 13.0. The average molecular weight is 433 g/mol. The molecule has 0 unspecified atom stereocenters. The van der Waals surface area contributed by atoms with Gasteiger partial charge in [0, 0.05) is 18.0 Å². The van der Waals surface area contributed by atoms with Gasteiger partial charge >= 0.3 is 0 Å². The predicted octanol–water partition coefficient (Wildman–Crippen LogP) is 4.59. The summed E-state index contributed by atoms with van der Waals surface area (Å²) in [6.07, 6.45) is 1.06. The Morgan fingerprint density at radius 3 is 2.22 bits per heavy atom. The van der Waals surface area contributed by atoms with Gasteiger partial charge in [0.25, 0.3) is 0 Å². The molecule has 3 aromatic rings. The Hall–Kier alpha value is -3.41. The molecule has 168 valence electrons. The number of para-hydroxylation sites is 1. The Morgan fingerprint density at radius 2 is 1.62 bits per heavy atom. The molecular formula is C26H32N4O2. The number of nitrogens with one attached hydrogen (secondary N) is 1. The summed E-state index contributed by atoms with van der Waals surface area (Å²) in [6.45, 7) is 8.79. The number of carbonyl (C=O) groups is 2. The first-order chi connectivity index (χ1) is 15.3. The molecule has 6 nitrogen and oxygen atoms in total. The minimum absolute atomic E-state index is 0.00429. The Balaban J connectivity index is 1.77. The van der Waals surface area contributed by atoms with Crippen LogP contribution in [-0.2, 0) is 21.4 Å². The highest BCUT2D eigenvalue weighted by molar-refractivity contribution is 5.94. The lowest BCUT2D eigenvalue weighted by molar-refractivity contribution is -0.134. The second-order valence-electron chi connectivity index (χ2n) is 8.94. The number of anilines is 1. The van der Waals surface area contributed by atoms with Gasteiger partial charge in [0.1, 0.15) is 5.82 Å². The van der Waals surface area contributed by atoms with Crippen molar-refractivity contribution in [2.75, 3.05) is 18.4 Å². The highest BCUT2D eigenvalue weighted by atomic mass is 16.2. The molecule has 2 aromatic carbocycles. The zero-order valence-corrected chi connectivity index (χ0v) is 19.3. The molecule has 0 fully saturated rings. The van der Waals surface area contributed by atoms with E-state index in [1.807, 2.05) is 73.7 Å². The van der Waals surface area contributed by atoms with Gasteiger partial charge in [0.2, 0.25) is 11.8 Å². The van der Waals surface area contributed by atoms with Crippen LogP contribution in [0, 0.1) is 0 Å². The van der Waals surface area contributed by atoms with Gasteiger partial charge in [0.05, 0.1) is 24.3 Å². The van der Waals surface area contributed by atoms with Crippen LogP contribution in [0.1, 0.15) is 45.4 Å². The first kappa shape index (κ1) is 23.3. The quantitative estimate of drug-likeness (QED) is 0.566. The minimum atomic E-state index is -0.239. The van der Waals surface area contributed by atoms with Crippen LogP contribution in [0.3, 0.4) is 0 Å². The van der Waals surface area contributed by atoms with E-state index in [-0.39, 0.29) is 30.2 Å². The van der Waals surface area contributed by atoms with Gasteiger partial charge in [-0.2, -0.15) is 5.10 Å². The summed E-state index contributed by atoms with van der Waals surface area (Å²) < 4.78 is 1.74. The molecule has 0 aliphatic carbocycles. The van der Waals surface area contributed by atoms with E-state index in [4.69, 9.17) is 5.10 Å². The summed E-state index contributed by atoms with van der Waals surface area (Å²) in [5.74, 6) is 0.302. The summed E-state index contributed by atoms with van der Waals surface area (Å²) >= 11 is 0. The molecule has 32 heavy (non-hydrogen) atoms. The molecule has 1 N–H and O–H groups in total. The van der Waals surface area contributed by atoms with Crippen molar-refractivity contribution in [2.45, 2.75) is 46.0 Å². The topological polar surface area (TPSA) is 67.2 Å². The molecular weight excluding hydrogens is 400 g/mol. The Kier molecular flexibility index (Phi) is 7.46. The van der Waals surface area contributed by atoms with Crippen LogP contribution in [0.5, 0.6) is 0 Å². The van der Waals surface area contributed by atoms with Crippen molar-refractivity contribution in [1.82, 2.24) is 14.7 Å². The third-order valence-corrected chi connectivity index (χ3v) is 5.12. The van der Waals surface area contributed by atoms with E-state index in [1.54, 1.807) is 9.58 Å². The first-order valence-electron chi connectivity index (χ1n) is 11.1. The Bertz CT molecular complexity index is 1040. The smallest absolute Gasteiger partial charge is 0.245 e. The molecule has 1 heterocycles. The van der Waals surface area contributed by atoms with Crippen molar-refractivity contribution < 1.29 is 9.59 Å². The van der Waals surface area contributed by atoms with E-state index in [0.29, 0.717) is 12.4 Å². The lowest BCUT2D eigenvalue weighted by Gasteiger charge is -2.22. The van der Waals surface area contributed by atoms with Crippen LogP contribution in [0.25, 0.3) is 5.69 Å². The Morgan fingerprint density at radius 1 is 1.00 bits per heavy atom. The van der Waals surface area contributed by atoms with Crippen molar-refractivity contribution in [2.24, 2.45) is 0 Å². The van der Waals surface area contributed by atoms with Crippen molar-refractivity contribution >= 4 is 17.6 Å². The second-order valence-corrected chi connectivity index (χ2v) is 8.94. The summed E-state index contributed by atoms with van der Waals surface area (Å²) in [7, 11) is 0. The van der Waals surface area contributed by atoms with Gasteiger partial charge < -0.3 is 10.2 Å². The fourth-order valence-electron chi connectivity index (χ4n) is 3.40. The summed E-state index contributed by atoms with van der Waals surface area (Å²) in [5.41, 5.74) is 2.52. The molecule has 0 aliphatic rings.